The van der Waals surface area contributed by atoms with E-state index in [9.17, 15) is 14.4 Å². The summed E-state index contributed by atoms with van der Waals surface area (Å²) in [6.45, 7) is 5.64. The highest BCUT2D eigenvalue weighted by molar-refractivity contribution is 7.07. The van der Waals surface area contributed by atoms with Crippen LogP contribution in [-0.2, 0) is 14.3 Å². The maximum Gasteiger partial charge on any atom is 0.338 e. The lowest BCUT2D eigenvalue weighted by Crippen LogP contribution is -2.39. The summed E-state index contributed by atoms with van der Waals surface area (Å²) in [5.74, 6) is 0.950. The number of fused-ring (bicyclic) bond motifs is 1. The molecule has 1 aliphatic heterocycles. The minimum atomic E-state index is -0.810. The average molecular weight is 603 g/mol. The molecule has 2 aromatic heterocycles. The van der Waals surface area contributed by atoms with E-state index in [4.69, 9.17) is 23.4 Å². The molecule has 43 heavy (non-hydrogen) atoms. The number of rotatable bonds is 9. The lowest BCUT2D eigenvalue weighted by Gasteiger charge is -2.25. The van der Waals surface area contributed by atoms with Crippen molar-refractivity contribution in [1.82, 2.24) is 4.57 Å². The number of allylic oxidation sites excluding steroid dienone is 1. The Morgan fingerprint density at radius 1 is 0.977 bits per heavy atom. The number of aromatic nitrogens is 1. The van der Waals surface area contributed by atoms with Gasteiger partial charge in [0.1, 0.15) is 11.5 Å². The molecular formula is C32H30N2O8S. The van der Waals surface area contributed by atoms with Crippen molar-refractivity contribution >= 4 is 29.4 Å². The normalized spacial score (nSPS) is 14.6. The molecule has 0 radical (unpaired) electrons. The third-order valence-corrected chi connectivity index (χ3v) is 7.78. The first-order valence-electron chi connectivity index (χ1n) is 13.6. The Labute approximate surface area is 251 Å². The van der Waals surface area contributed by atoms with Crippen molar-refractivity contribution in [1.29, 1.82) is 0 Å². The van der Waals surface area contributed by atoms with Gasteiger partial charge in [0.25, 0.3) is 5.56 Å². The molecule has 222 valence electrons. The van der Waals surface area contributed by atoms with Crippen LogP contribution in [0.15, 0.2) is 80.1 Å². The number of hydrogen-bond donors (Lipinski definition) is 0. The monoisotopic (exact) mass is 602 g/mol. The molecule has 0 fully saturated rings. The smallest absolute Gasteiger partial charge is 0.338 e. The average Bonchev–Trinajstić information content (AvgIpc) is 3.60. The molecule has 3 heterocycles. The molecule has 10 nitrogen and oxygen atoms in total. The maximum atomic E-state index is 13.9. The molecule has 1 unspecified atom stereocenters. The fourth-order valence-corrected chi connectivity index (χ4v) is 5.89. The highest BCUT2D eigenvalue weighted by Crippen LogP contribution is 2.36. The molecule has 0 saturated heterocycles. The van der Waals surface area contributed by atoms with E-state index < -0.39 is 18.0 Å². The minimum absolute atomic E-state index is 0.169. The molecule has 0 bridgehead atoms. The van der Waals surface area contributed by atoms with Crippen molar-refractivity contribution in [2.24, 2.45) is 4.99 Å². The van der Waals surface area contributed by atoms with Crippen LogP contribution in [0.1, 0.15) is 48.5 Å². The molecule has 0 amide bonds. The zero-order chi connectivity index (χ0) is 30.7. The van der Waals surface area contributed by atoms with Gasteiger partial charge < -0.3 is 23.4 Å². The highest BCUT2D eigenvalue weighted by Gasteiger charge is 2.34. The van der Waals surface area contributed by atoms with Gasteiger partial charge in [0, 0.05) is 11.6 Å². The second-order valence-electron chi connectivity index (χ2n) is 9.42. The number of benzene rings is 2. The zero-order valence-corrected chi connectivity index (χ0v) is 25.2. The van der Waals surface area contributed by atoms with E-state index in [0.29, 0.717) is 54.7 Å². The maximum absolute atomic E-state index is 13.9. The van der Waals surface area contributed by atoms with E-state index in [2.05, 4.69) is 4.99 Å². The van der Waals surface area contributed by atoms with Crippen molar-refractivity contribution < 1.29 is 33.0 Å². The molecule has 0 saturated carbocycles. The summed E-state index contributed by atoms with van der Waals surface area (Å²) >= 11 is 1.19. The van der Waals surface area contributed by atoms with Gasteiger partial charge in [-0.25, -0.2) is 14.6 Å². The molecular weight excluding hydrogens is 572 g/mol. The molecule has 0 aliphatic carbocycles. The Hall–Kier alpha value is -4.90. The SMILES string of the molecule is CCOC(=O)C1=C(C)N=c2s/c(=C\c3ccc(-c4cccc(C(=O)OCC)c4)o3)c(=O)n2C1c1ccc(OC)c(OC)c1. The van der Waals surface area contributed by atoms with E-state index in [-0.39, 0.29) is 24.3 Å². The number of hydrogen-bond acceptors (Lipinski definition) is 10. The molecule has 0 spiro atoms. The first-order valence-corrected chi connectivity index (χ1v) is 14.4. The summed E-state index contributed by atoms with van der Waals surface area (Å²) < 4.78 is 29.2. The summed E-state index contributed by atoms with van der Waals surface area (Å²) in [7, 11) is 3.05. The van der Waals surface area contributed by atoms with Crippen LogP contribution in [0.5, 0.6) is 11.5 Å². The quantitative estimate of drug-likeness (QED) is 0.261. The third kappa shape index (κ3) is 5.76. The van der Waals surface area contributed by atoms with Crippen LogP contribution in [0, 0.1) is 0 Å². The fraction of sp³-hybridized carbons (Fsp3) is 0.250. The Morgan fingerprint density at radius 3 is 2.44 bits per heavy atom. The first kappa shape index (κ1) is 29.6. The van der Waals surface area contributed by atoms with Crippen molar-refractivity contribution in [3.05, 3.63) is 102 Å². The Kier molecular flexibility index (Phi) is 8.63. The molecule has 2 aromatic carbocycles. The van der Waals surface area contributed by atoms with Crippen LogP contribution >= 0.6 is 11.3 Å². The second kappa shape index (κ2) is 12.5. The number of ether oxygens (including phenoxy) is 4. The summed E-state index contributed by atoms with van der Waals surface area (Å²) in [5, 5.41) is 0. The van der Waals surface area contributed by atoms with Crippen LogP contribution in [0.4, 0.5) is 0 Å². The Balaban J connectivity index is 1.60. The third-order valence-electron chi connectivity index (χ3n) is 6.80. The predicted octanol–water partition coefficient (Wildman–Crippen LogP) is 4.25. The number of esters is 2. The first-order chi connectivity index (χ1) is 20.8. The summed E-state index contributed by atoms with van der Waals surface area (Å²) in [6, 6.07) is 14.9. The van der Waals surface area contributed by atoms with Crippen molar-refractivity contribution in [2.75, 3.05) is 27.4 Å². The van der Waals surface area contributed by atoms with Crippen molar-refractivity contribution in [2.45, 2.75) is 26.8 Å². The molecule has 5 rings (SSSR count). The van der Waals surface area contributed by atoms with Gasteiger partial charge in [0.2, 0.25) is 0 Å². The number of methoxy groups -OCH3 is 2. The number of furan rings is 1. The van der Waals surface area contributed by atoms with Gasteiger partial charge in [-0.15, -0.1) is 0 Å². The van der Waals surface area contributed by atoms with Gasteiger partial charge in [-0.2, -0.15) is 0 Å². The number of carbonyl (C=O) groups excluding carboxylic acids is 2. The lowest BCUT2D eigenvalue weighted by atomic mass is 9.95. The van der Waals surface area contributed by atoms with Crippen LogP contribution in [-0.4, -0.2) is 43.9 Å². The minimum Gasteiger partial charge on any atom is -0.493 e. The second-order valence-corrected chi connectivity index (χ2v) is 10.4. The van der Waals surface area contributed by atoms with Gasteiger partial charge in [-0.05, 0) is 62.7 Å². The van der Waals surface area contributed by atoms with Gasteiger partial charge >= 0.3 is 11.9 Å². The lowest BCUT2D eigenvalue weighted by molar-refractivity contribution is -0.139. The van der Waals surface area contributed by atoms with Crippen molar-refractivity contribution in [3.8, 4) is 22.8 Å². The summed E-state index contributed by atoms with van der Waals surface area (Å²) in [4.78, 5) is 44.3. The van der Waals surface area contributed by atoms with E-state index in [1.54, 1.807) is 75.4 Å². The largest absolute Gasteiger partial charge is 0.493 e. The molecule has 11 heteroatoms. The standard InChI is InChI=1S/C32H30N2O8S/c1-6-40-30(36)21-10-8-9-19(15-21)23-14-12-22(42-23)17-26-29(35)34-28(20-11-13-24(38-4)25(16-20)39-5)27(31(37)41-7-2)18(3)33-32(34)43-26/h8-17,28H,6-7H2,1-5H3/b26-17-. The molecule has 0 N–H and O–H groups in total. The van der Waals surface area contributed by atoms with E-state index in [1.165, 1.54) is 30.1 Å². The summed E-state index contributed by atoms with van der Waals surface area (Å²) in [6.07, 6.45) is 1.64. The van der Waals surface area contributed by atoms with Gasteiger partial charge in [-0.1, -0.05) is 29.5 Å². The summed E-state index contributed by atoms with van der Waals surface area (Å²) in [5.41, 5.74) is 2.09. The van der Waals surface area contributed by atoms with E-state index in [0.717, 1.165) is 0 Å². The van der Waals surface area contributed by atoms with Crippen LogP contribution in [0.2, 0.25) is 0 Å². The van der Waals surface area contributed by atoms with Gasteiger partial charge in [0.15, 0.2) is 16.3 Å². The van der Waals surface area contributed by atoms with Crippen LogP contribution in [0.3, 0.4) is 0 Å². The van der Waals surface area contributed by atoms with E-state index in [1.807, 2.05) is 6.07 Å². The highest BCUT2D eigenvalue weighted by atomic mass is 32.1. The van der Waals surface area contributed by atoms with E-state index >= 15 is 0 Å². The zero-order valence-electron chi connectivity index (χ0n) is 24.3. The van der Waals surface area contributed by atoms with Gasteiger partial charge in [0.05, 0.1) is 54.8 Å². The van der Waals surface area contributed by atoms with Gasteiger partial charge in [-0.3, -0.25) is 9.36 Å². The predicted molar refractivity (Wildman–Crippen MR) is 160 cm³/mol. The van der Waals surface area contributed by atoms with Crippen LogP contribution < -0.4 is 24.4 Å². The molecule has 1 atom stereocenters. The topological polar surface area (TPSA) is 119 Å². The number of nitrogens with zero attached hydrogens (tertiary/aromatic N) is 2. The van der Waals surface area contributed by atoms with Crippen molar-refractivity contribution in [3.63, 3.8) is 0 Å². The Morgan fingerprint density at radius 2 is 1.72 bits per heavy atom. The fourth-order valence-electron chi connectivity index (χ4n) is 4.86. The Bertz CT molecular complexity index is 1910. The number of carbonyl (C=O) groups is 2. The number of thiazole rings is 1. The van der Waals surface area contributed by atoms with Crippen LogP contribution in [0.25, 0.3) is 17.4 Å². The molecule has 4 aromatic rings. The molecule has 1 aliphatic rings.